The third kappa shape index (κ3) is 9.15. The van der Waals surface area contributed by atoms with Crippen molar-refractivity contribution in [1.82, 2.24) is 15.3 Å². The van der Waals surface area contributed by atoms with E-state index < -0.39 is 0 Å². The van der Waals surface area contributed by atoms with Crippen LogP contribution in [-0.4, -0.2) is 36.3 Å². The first-order valence-electron chi connectivity index (χ1n) is 10.6. The summed E-state index contributed by atoms with van der Waals surface area (Å²) in [5.74, 6) is 1.53. The number of allylic oxidation sites excluding steroid dienone is 1. The summed E-state index contributed by atoms with van der Waals surface area (Å²) in [6, 6.07) is 17.5. The number of nitrogens with zero attached hydrogens (tertiary/aromatic N) is 4. The summed E-state index contributed by atoms with van der Waals surface area (Å²) < 4.78 is 0. The molecule has 168 valence electrons. The van der Waals surface area contributed by atoms with Crippen molar-refractivity contribution in [3.8, 4) is 17.5 Å². The van der Waals surface area contributed by atoms with Crippen LogP contribution in [0.5, 0.6) is 0 Å². The van der Waals surface area contributed by atoms with Gasteiger partial charge in [-0.1, -0.05) is 43.7 Å². The Bertz CT molecular complexity index is 1020. The Morgan fingerprint density at radius 1 is 1.06 bits per heavy atom. The van der Waals surface area contributed by atoms with Gasteiger partial charge < -0.3 is 10.6 Å². The van der Waals surface area contributed by atoms with Crippen LogP contribution in [0.15, 0.2) is 65.8 Å². The molecule has 2 N–H and O–H groups in total. The minimum absolute atomic E-state index is 0.427. The third-order valence-electron chi connectivity index (χ3n) is 3.92. The van der Waals surface area contributed by atoms with E-state index in [-0.39, 0.29) is 0 Å². The lowest BCUT2D eigenvalue weighted by Crippen LogP contribution is -2.18. The maximum atomic E-state index is 7.86. The van der Waals surface area contributed by atoms with Crippen LogP contribution >= 0.6 is 11.6 Å². The van der Waals surface area contributed by atoms with Gasteiger partial charge in [0.25, 0.3) is 0 Å². The van der Waals surface area contributed by atoms with Crippen molar-refractivity contribution in [1.29, 1.82) is 5.26 Å². The lowest BCUT2D eigenvalue weighted by Gasteiger charge is -2.11. The van der Waals surface area contributed by atoms with Crippen molar-refractivity contribution < 1.29 is 0 Å². The molecule has 0 aliphatic rings. The van der Waals surface area contributed by atoms with E-state index in [1.54, 1.807) is 13.3 Å². The zero-order chi connectivity index (χ0) is 23.6. The summed E-state index contributed by atoms with van der Waals surface area (Å²) in [4.78, 5) is 13.0. The quantitative estimate of drug-likeness (QED) is 0.335. The van der Waals surface area contributed by atoms with Crippen LogP contribution in [0.3, 0.4) is 0 Å². The van der Waals surface area contributed by atoms with Crippen LogP contribution in [0, 0.1) is 11.3 Å². The average molecular weight is 451 g/mol. The Hall–Kier alpha value is -3.43. The van der Waals surface area contributed by atoms with E-state index in [9.17, 15) is 0 Å². The normalized spacial score (nSPS) is 10.1. The van der Waals surface area contributed by atoms with E-state index >= 15 is 0 Å². The molecule has 0 saturated heterocycles. The van der Waals surface area contributed by atoms with Gasteiger partial charge >= 0.3 is 0 Å². The lowest BCUT2D eigenvalue weighted by molar-refractivity contribution is 0.865. The first-order chi connectivity index (χ1) is 15.7. The molecule has 0 atom stereocenters. The fourth-order valence-electron chi connectivity index (χ4n) is 2.53. The summed E-state index contributed by atoms with van der Waals surface area (Å²) in [5.41, 5.74) is 1.86. The second-order valence-corrected chi connectivity index (χ2v) is 6.54. The van der Waals surface area contributed by atoms with Crippen LogP contribution in [0.4, 0.5) is 5.82 Å². The van der Waals surface area contributed by atoms with Crippen LogP contribution in [0.25, 0.3) is 22.3 Å². The number of nitrogens with one attached hydrogen (secondary N) is 2. The molecule has 0 saturated carbocycles. The zero-order valence-corrected chi connectivity index (χ0v) is 19.9. The fourth-order valence-corrected chi connectivity index (χ4v) is 2.65. The highest BCUT2D eigenvalue weighted by Crippen LogP contribution is 2.25. The molecule has 0 spiro atoms. The number of rotatable bonds is 7. The molecular weight excluding hydrogens is 420 g/mol. The smallest absolute Gasteiger partial charge is 0.162 e. The van der Waals surface area contributed by atoms with Crippen LogP contribution in [-0.2, 0) is 0 Å². The van der Waals surface area contributed by atoms with E-state index in [4.69, 9.17) is 21.8 Å². The molecule has 6 nitrogen and oxygen atoms in total. The number of benzene rings is 2. The van der Waals surface area contributed by atoms with Gasteiger partial charge in [0.2, 0.25) is 0 Å². The molecule has 32 heavy (non-hydrogen) atoms. The number of hydrogen-bond donors (Lipinski definition) is 2. The van der Waals surface area contributed by atoms with E-state index in [0.29, 0.717) is 17.3 Å². The standard InChI is InChI=1S/C19H19ClN4.C4H6N2.C2H6/c1-2-11-21-12-13-22-19-16-5-3-4-6-17(16)23-18(24-19)14-7-9-15(20)10-8-14;1-6-4-2-3-5;1-2/h2-11,21H,12-13H2,1H3,(H,22,23,24);4H,2H2,1H3;1-2H3/b11-2+;;. The van der Waals surface area contributed by atoms with E-state index in [1.807, 2.05) is 87.6 Å². The Labute approximate surface area is 196 Å². The van der Waals surface area contributed by atoms with Gasteiger partial charge in [0.15, 0.2) is 5.82 Å². The summed E-state index contributed by atoms with van der Waals surface area (Å²) in [6.45, 7) is 7.57. The monoisotopic (exact) mass is 450 g/mol. The van der Waals surface area contributed by atoms with Gasteiger partial charge in [-0.15, -0.1) is 0 Å². The Morgan fingerprint density at radius 2 is 1.78 bits per heavy atom. The van der Waals surface area contributed by atoms with Gasteiger partial charge in [0, 0.05) is 42.3 Å². The molecule has 0 radical (unpaired) electrons. The molecule has 1 aromatic heterocycles. The fraction of sp³-hybridized carbons (Fsp3) is 0.280. The van der Waals surface area contributed by atoms with Crippen molar-refractivity contribution in [2.45, 2.75) is 27.2 Å². The third-order valence-corrected chi connectivity index (χ3v) is 4.17. The number of hydrogen-bond acceptors (Lipinski definition) is 6. The van der Waals surface area contributed by atoms with Crippen molar-refractivity contribution in [3.05, 3.63) is 65.8 Å². The number of anilines is 1. The largest absolute Gasteiger partial charge is 0.389 e. The topological polar surface area (TPSA) is 86.0 Å². The summed E-state index contributed by atoms with van der Waals surface area (Å²) in [6.07, 6.45) is 5.90. The number of halogens is 1. The molecule has 2 aromatic carbocycles. The van der Waals surface area contributed by atoms with E-state index in [2.05, 4.69) is 20.6 Å². The predicted molar refractivity (Wildman–Crippen MR) is 137 cm³/mol. The number of aromatic nitrogens is 2. The second-order valence-electron chi connectivity index (χ2n) is 6.10. The van der Waals surface area contributed by atoms with Gasteiger partial charge in [-0.25, -0.2) is 9.97 Å². The highest BCUT2D eigenvalue weighted by Gasteiger charge is 2.08. The molecule has 0 bridgehead atoms. The molecule has 3 aromatic rings. The van der Waals surface area contributed by atoms with Gasteiger partial charge in [-0.05, 0) is 49.5 Å². The van der Waals surface area contributed by atoms with E-state index in [1.165, 1.54) is 0 Å². The molecular formula is C25H31ClN6. The molecule has 0 aliphatic heterocycles. The van der Waals surface area contributed by atoms with Crippen LogP contribution in [0.1, 0.15) is 27.2 Å². The van der Waals surface area contributed by atoms with E-state index in [0.717, 1.165) is 35.4 Å². The number of aliphatic imine (C=N–C) groups is 1. The lowest BCUT2D eigenvalue weighted by atomic mass is 10.2. The molecule has 0 fully saturated rings. The maximum Gasteiger partial charge on any atom is 0.162 e. The average Bonchev–Trinajstić information content (AvgIpc) is 2.84. The highest BCUT2D eigenvalue weighted by atomic mass is 35.5. The maximum absolute atomic E-state index is 7.86. The molecule has 0 aliphatic carbocycles. The molecule has 7 heteroatoms. The Morgan fingerprint density at radius 3 is 2.41 bits per heavy atom. The molecule has 3 rings (SSSR count). The zero-order valence-electron chi connectivity index (χ0n) is 19.1. The van der Waals surface area contributed by atoms with Gasteiger partial charge in [0.05, 0.1) is 18.0 Å². The Balaban J connectivity index is 0.000000556. The van der Waals surface area contributed by atoms with Crippen LogP contribution < -0.4 is 10.6 Å². The number of para-hydroxylation sites is 1. The van der Waals surface area contributed by atoms with Gasteiger partial charge in [-0.3, -0.25) is 4.99 Å². The SMILES string of the molecule is C/C=C/NCCNc1nc(-c2ccc(Cl)cc2)nc2ccccc12.CC.CN=CCC#N. The van der Waals surface area contributed by atoms with Gasteiger partial charge in [0.1, 0.15) is 5.82 Å². The predicted octanol–water partition coefficient (Wildman–Crippen LogP) is 6.11. The first kappa shape index (κ1) is 26.6. The number of nitriles is 1. The second kappa shape index (κ2) is 16.3. The van der Waals surface area contributed by atoms with Crippen molar-refractivity contribution in [2.24, 2.45) is 4.99 Å². The summed E-state index contributed by atoms with van der Waals surface area (Å²) >= 11 is 5.97. The van der Waals surface area contributed by atoms with Crippen LogP contribution in [0.2, 0.25) is 5.02 Å². The summed E-state index contributed by atoms with van der Waals surface area (Å²) in [7, 11) is 1.65. The Kier molecular flexibility index (Phi) is 13.5. The van der Waals surface area contributed by atoms with Crippen molar-refractivity contribution in [2.75, 3.05) is 25.5 Å². The van der Waals surface area contributed by atoms with Crippen molar-refractivity contribution in [3.63, 3.8) is 0 Å². The summed E-state index contributed by atoms with van der Waals surface area (Å²) in [5, 5.41) is 16.2. The first-order valence-corrected chi connectivity index (χ1v) is 11.0. The molecule has 0 unspecified atom stereocenters. The molecule has 1 heterocycles. The minimum Gasteiger partial charge on any atom is -0.389 e. The highest BCUT2D eigenvalue weighted by molar-refractivity contribution is 6.30. The molecule has 0 amide bonds. The number of fused-ring (bicyclic) bond motifs is 1. The van der Waals surface area contributed by atoms with Crippen molar-refractivity contribution >= 4 is 34.5 Å². The minimum atomic E-state index is 0.427. The van der Waals surface area contributed by atoms with Gasteiger partial charge in [-0.2, -0.15) is 5.26 Å².